The van der Waals surface area contributed by atoms with E-state index in [0.29, 0.717) is 16.8 Å². The van der Waals surface area contributed by atoms with Crippen LogP contribution in [0.1, 0.15) is 21.5 Å². The van der Waals surface area contributed by atoms with Crippen LogP contribution in [0.15, 0.2) is 54.7 Å². The van der Waals surface area contributed by atoms with Crippen LogP contribution in [0.5, 0.6) is 5.75 Å². The summed E-state index contributed by atoms with van der Waals surface area (Å²) in [5.41, 5.74) is 3.05. The molecule has 1 aromatic heterocycles. The number of nitrogens with zero attached hydrogens (tertiary/aromatic N) is 1. The lowest BCUT2D eigenvalue weighted by Gasteiger charge is -2.11. The van der Waals surface area contributed by atoms with E-state index in [2.05, 4.69) is 4.98 Å². The van der Waals surface area contributed by atoms with Crippen LogP contribution in [0.4, 0.5) is 0 Å². The lowest BCUT2D eigenvalue weighted by Crippen LogP contribution is -2.07. The molecule has 0 radical (unpaired) electrons. The highest BCUT2D eigenvalue weighted by Crippen LogP contribution is 2.22. The summed E-state index contributed by atoms with van der Waals surface area (Å²) in [7, 11) is 1.60. The minimum absolute atomic E-state index is 0.160. The molecule has 0 bridgehead atoms. The zero-order chi connectivity index (χ0) is 16.2. The molecule has 0 atom stereocenters. The Morgan fingerprint density at radius 1 is 1.13 bits per heavy atom. The van der Waals surface area contributed by atoms with E-state index in [0.717, 1.165) is 16.5 Å². The first-order chi connectivity index (χ1) is 11.2. The van der Waals surface area contributed by atoms with Gasteiger partial charge in [0.2, 0.25) is 0 Å². The van der Waals surface area contributed by atoms with Crippen LogP contribution in [0.25, 0.3) is 10.9 Å². The second kappa shape index (κ2) is 6.48. The quantitative estimate of drug-likeness (QED) is 0.686. The first-order valence-electron chi connectivity index (χ1n) is 7.33. The Morgan fingerprint density at radius 2 is 1.96 bits per heavy atom. The molecule has 23 heavy (non-hydrogen) atoms. The Bertz CT molecular complexity index is 853. The summed E-state index contributed by atoms with van der Waals surface area (Å²) >= 11 is 0. The van der Waals surface area contributed by atoms with Gasteiger partial charge in [-0.15, -0.1) is 0 Å². The van der Waals surface area contributed by atoms with Gasteiger partial charge in [-0.1, -0.05) is 29.8 Å². The molecule has 1 heterocycles. The molecule has 4 heteroatoms. The van der Waals surface area contributed by atoms with Gasteiger partial charge >= 0.3 is 5.97 Å². The second-order valence-corrected chi connectivity index (χ2v) is 5.27. The van der Waals surface area contributed by atoms with Crippen LogP contribution < -0.4 is 4.74 Å². The predicted molar refractivity (Wildman–Crippen MR) is 88.6 cm³/mol. The van der Waals surface area contributed by atoms with Gasteiger partial charge in [0.15, 0.2) is 0 Å². The highest BCUT2D eigenvalue weighted by atomic mass is 16.5. The third kappa shape index (κ3) is 3.16. The van der Waals surface area contributed by atoms with Gasteiger partial charge in [-0.2, -0.15) is 0 Å². The van der Waals surface area contributed by atoms with Crippen molar-refractivity contribution in [1.29, 1.82) is 0 Å². The molecule has 3 rings (SSSR count). The molecule has 2 aromatic carbocycles. The van der Waals surface area contributed by atoms with Gasteiger partial charge in [0, 0.05) is 17.1 Å². The highest BCUT2D eigenvalue weighted by molar-refractivity contribution is 6.02. The zero-order valence-corrected chi connectivity index (χ0v) is 13.1. The van der Waals surface area contributed by atoms with Gasteiger partial charge in [0.1, 0.15) is 12.4 Å². The summed E-state index contributed by atoms with van der Waals surface area (Å²) in [4.78, 5) is 16.7. The Morgan fingerprint density at radius 3 is 2.78 bits per heavy atom. The molecule has 116 valence electrons. The van der Waals surface area contributed by atoms with E-state index < -0.39 is 5.97 Å². The van der Waals surface area contributed by atoms with Gasteiger partial charge in [0.05, 0.1) is 18.2 Å². The number of carbonyl (C=O) groups excluding carboxylic acids is 1. The molecule has 0 saturated carbocycles. The van der Waals surface area contributed by atoms with E-state index in [1.807, 2.05) is 49.4 Å². The number of fused-ring (bicyclic) bond motifs is 1. The number of hydrogen-bond donors (Lipinski definition) is 0. The van der Waals surface area contributed by atoms with Crippen molar-refractivity contribution < 1.29 is 14.3 Å². The molecule has 0 aliphatic carbocycles. The summed E-state index contributed by atoms with van der Waals surface area (Å²) in [5, 5.41) is 0.912. The minimum Gasteiger partial charge on any atom is -0.496 e. The first kappa shape index (κ1) is 15.0. The van der Waals surface area contributed by atoms with Crippen molar-refractivity contribution in [3.63, 3.8) is 0 Å². The molecule has 3 aromatic rings. The van der Waals surface area contributed by atoms with E-state index in [-0.39, 0.29) is 6.61 Å². The topological polar surface area (TPSA) is 48.4 Å². The fraction of sp³-hybridized carbons (Fsp3) is 0.158. The number of aryl methyl sites for hydroxylation is 1. The van der Waals surface area contributed by atoms with E-state index in [1.54, 1.807) is 19.4 Å². The Hall–Kier alpha value is -2.88. The molecular formula is C19H17NO3. The van der Waals surface area contributed by atoms with Crippen LogP contribution in [-0.2, 0) is 11.3 Å². The Balaban J connectivity index is 1.83. The van der Waals surface area contributed by atoms with Crippen LogP contribution >= 0.6 is 0 Å². The van der Waals surface area contributed by atoms with Crippen molar-refractivity contribution in [3.8, 4) is 5.75 Å². The molecule has 0 spiro atoms. The number of aromatic nitrogens is 1. The SMILES string of the molecule is COc1ccc(C)cc1COC(=O)c1cccc2cccnc12. The number of pyridine rings is 1. The summed E-state index contributed by atoms with van der Waals surface area (Å²) in [6.07, 6.45) is 1.67. The van der Waals surface area contributed by atoms with Crippen molar-refractivity contribution in [3.05, 3.63) is 71.4 Å². The zero-order valence-electron chi connectivity index (χ0n) is 13.1. The predicted octanol–water partition coefficient (Wildman–Crippen LogP) is 3.91. The van der Waals surface area contributed by atoms with Crippen molar-refractivity contribution in [2.24, 2.45) is 0 Å². The van der Waals surface area contributed by atoms with E-state index in [4.69, 9.17) is 9.47 Å². The Kier molecular flexibility index (Phi) is 4.24. The normalized spacial score (nSPS) is 10.5. The Labute approximate surface area is 134 Å². The van der Waals surface area contributed by atoms with E-state index in [9.17, 15) is 4.79 Å². The van der Waals surface area contributed by atoms with Crippen molar-refractivity contribution in [2.45, 2.75) is 13.5 Å². The highest BCUT2D eigenvalue weighted by Gasteiger charge is 2.13. The lowest BCUT2D eigenvalue weighted by molar-refractivity contribution is 0.0472. The third-order valence-electron chi connectivity index (χ3n) is 3.65. The summed E-state index contributed by atoms with van der Waals surface area (Å²) in [6, 6.07) is 15.0. The average Bonchev–Trinajstić information content (AvgIpc) is 2.59. The second-order valence-electron chi connectivity index (χ2n) is 5.27. The van der Waals surface area contributed by atoms with E-state index >= 15 is 0 Å². The molecule has 0 aliphatic rings. The standard InChI is InChI=1S/C19H17NO3/c1-13-8-9-17(22-2)15(11-13)12-23-19(21)16-7-3-5-14-6-4-10-20-18(14)16/h3-11H,12H2,1-2H3. The number of carbonyl (C=O) groups is 1. The summed E-state index contributed by atoms with van der Waals surface area (Å²) < 4.78 is 10.8. The monoisotopic (exact) mass is 307 g/mol. The third-order valence-corrected chi connectivity index (χ3v) is 3.65. The number of esters is 1. The molecule has 4 nitrogen and oxygen atoms in total. The smallest absolute Gasteiger partial charge is 0.340 e. The molecule has 0 aliphatic heterocycles. The number of hydrogen-bond acceptors (Lipinski definition) is 4. The maximum atomic E-state index is 12.4. The first-order valence-corrected chi connectivity index (χ1v) is 7.33. The number of para-hydroxylation sites is 1. The number of ether oxygens (including phenoxy) is 2. The molecule has 0 N–H and O–H groups in total. The average molecular weight is 307 g/mol. The van der Waals surface area contributed by atoms with Gasteiger partial charge in [-0.05, 0) is 31.2 Å². The summed E-state index contributed by atoms with van der Waals surface area (Å²) in [5.74, 6) is 0.317. The van der Waals surface area contributed by atoms with Gasteiger partial charge in [0.25, 0.3) is 0 Å². The summed E-state index contributed by atoms with van der Waals surface area (Å²) in [6.45, 7) is 2.15. The molecule has 0 saturated heterocycles. The maximum absolute atomic E-state index is 12.4. The number of benzene rings is 2. The fourth-order valence-electron chi connectivity index (χ4n) is 2.51. The van der Waals surface area contributed by atoms with Gasteiger partial charge in [-0.3, -0.25) is 4.98 Å². The number of methoxy groups -OCH3 is 1. The molecule has 0 fully saturated rings. The largest absolute Gasteiger partial charge is 0.496 e. The molecule has 0 unspecified atom stereocenters. The molecule has 0 amide bonds. The van der Waals surface area contributed by atoms with Crippen molar-refractivity contribution >= 4 is 16.9 Å². The van der Waals surface area contributed by atoms with Gasteiger partial charge < -0.3 is 9.47 Å². The van der Waals surface area contributed by atoms with Gasteiger partial charge in [-0.25, -0.2) is 4.79 Å². The maximum Gasteiger partial charge on any atom is 0.340 e. The minimum atomic E-state index is -0.391. The van der Waals surface area contributed by atoms with Crippen LogP contribution in [0, 0.1) is 6.92 Å². The lowest BCUT2D eigenvalue weighted by atomic mass is 10.1. The van der Waals surface area contributed by atoms with Crippen molar-refractivity contribution in [1.82, 2.24) is 4.98 Å². The van der Waals surface area contributed by atoms with Crippen LogP contribution in [0.2, 0.25) is 0 Å². The van der Waals surface area contributed by atoms with E-state index in [1.165, 1.54) is 0 Å². The molecular weight excluding hydrogens is 290 g/mol. The number of rotatable bonds is 4. The van der Waals surface area contributed by atoms with Crippen LogP contribution in [-0.4, -0.2) is 18.1 Å². The fourth-order valence-corrected chi connectivity index (χ4v) is 2.51. The van der Waals surface area contributed by atoms with Crippen molar-refractivity contribution in [2.75, 3.05) is 7.11 Å². The van der Waals surface area contributed by atoms with Crippen LogP contribution in [0.3, 0.4) is 0 Å².